The first-order valence-corrected chi connectivity index (χ1v) is 9.54. The van der Waals surface area contributed by atoms with Gasteiger partial charge in [-0.1, -0.05) is 6.07 Å². The molecule has 5 rings (SSSR count). The van der Waals surface area contributed by atoms with Crippen LogP contribution in [0.15, 0.2) is 41.2 Å². The summed E-state index contributed by atoms with van der Waals surface area (Å²) < 4.78 is 19.8. The molecule has 1 aliphatic rings. The molecule has 0 bridgehead atoms. The molecule has 1 saturated heterocycles. The summed E-state index contributed by atoms with van der Waals surface area (Å²) in [6.45, 7) is 3.21. The average Bonchev–Trinajstić information content (AvgIpc) is 2.92. The van der Waals surface area contributed by atoms with Gasteiger partial charge >= 0.3 is 0 Å². The largest absolute Gasteiger partial charge is 0.397 e. The van der Waals surface area contributed by atoms with Crippen molar-refractivity contribution in [1.82, 2.24) is 15.0 Å². The zero-order chi connectivity index (χ0) is 20.0. The number of aromatic amines is 2. The van der Waals surface area contributed by atoms with Crippen LogP contribution in [0.3, 0.4) is 0 Å². The maximum atomic E-state index is 14.3. The maximum absolute atomic E-state index is 14.3. The van der Waals surface area contributed by atoms with Crippen LogP contribution in [-0.2, 0) is 4.74 Å². The van der Waals surface area contributed by atoms with E-state index in [2.05, 4.69) is 19.9 Å². The van der Waals surface area contributed by atoms with Gasteiger partial charge in [-0.2, -0.15) is 0 Å². The van der Waals surface area contributed by atoms with E-state index in [9.17, 15) is 9.18 Å². The lowest BCUT2D eigenvalue weighted by atomic mass is 10.1. The van der Waals surface area contributed by atoms with Crippen molar-refractivity contribution in [3.05, 3.63) is 52.6 Å². The van der Waals surface area contributed by atoms with E-state index in [1.165, 1.54) is 12.1 Å². The number of imidazole rings is 1. The number of hydrogen-bond acceptors (Lipinski definition) is 5. The fourth-order valence-corrected chi connectivity index (χ4v) is 3.89. The first-order chi connectivity index (χ1) is 14.1. The summed E-state index contributed by atoms with van der Waals surface area (Å²) in [7, 11) is 0. The molecule has 4 N–H and O–H groups in total. The number of rotatable bonds is 2. The molecule has 0 aliphatic carbocycles. The van der Waals surface area contributed by atoms with Crippen molar-refractivity contribution in [1.29, 1.82) is 0 Å². The Bertz CT molecular complexity index is 1270. The van der Waals surface area contributed by atoms with Crippen molar-refractivity contribution in [3.8, 4) is 11.4 Å². The topological polar surface area (TPSA) is 100 Å². The van der Waals surface area contributed by atoms with Gasteiger partial charge in [-0.25, -0.2) is 9.37 Å². The van der Waals surface area contributed by atoms with Gasteiger partial charge in [0.05, 0.1) is 34.2 Å². The van der Waals surface area contributed by atoms with Crippen molar-refractivity contribution in [2.24, 2.45) is 0 Å². The van der Waals surface area contributed by atoms with Crippen LogP contribution in [0.25, 0.3) is 33.3 Å². The molecule has 0 atom stereocenters. The molecule has 7 nitrogen and oxygen atoms in total. The Morgan fingerprint density at radius 3 is 2.90 bits per heavy atom. The quantitative estimate of drug-likeness (QED) is 0.486. The van der Waals surface area contributed by atoms with E-state index in [4.69, 9.17) is 10.5 Å². The second kappa shape index (κ2) is 6.89. The second-order valence-electron chi connectivity index (χ2n) is 7.15. The number of nitrogens with two attached hydrogens (primary N) is 1. The van der Waals surface area contributed by atoms with Gasteiger partial charge in [-0.05, 0) is 36.8 Å². The maximum Gasteiger partial charge on any atom is 0.261 e. The molecule has 1 fully saturated rings. The van der Waals surface area contributed by atoms with Crippen LogP contribution in [0.5, 0.6) is 0 Å². The van der Waals surface area contributed by atoms with Gasteiger partial charge in [-0.15, -0.1) is 0 Å². The molecule has 3 heterocycles. The molecule has 0 unspecified atom stereocenters. The summed E-state index contributed by atoms with van der Waals surface area (Å²) in [5.41, 5.74) is 8.92. The van der Waals surface area contributed by atoms with Crippen LogP contribution in [0.2, 0.25) is 0 Å². The number of fused-ring (bicyclic) bond motifs is 2. The molecule has 148 valence electrons. The normalized spacial score (nSPS) is 15.1. The lowest BCUT2D eigenvalue weighted by Gasteiger charge is -2.21. The highest BCUT2D eigenvalue weighted by Crippen LogP contribution is 2.30. The van der Waals surface area contributed by atoms with Crippen molar-refractivity contribution in [2.45, 2.75) is 6.42 Å². The van der Waals surface area contributed by atoms with Crippen LogP contribution in [-0.4, -0.2) is 41.3 Å². The summed E-state index contributed by atoms with van der Waals surface area (Å²) in [4.78, 5) is 25.3. The van der Waals surface area contributed by atoms with E-state index >= 15 is 0 Å². The molecule has 4 aromatic rings. The SMILES string of the molecule is Nc1c(-c2nc3ccc(N4CCCOCC4)cc3[nH]2)c(=O)[nH]c2cccc(F)c12. The second-order valence-corrected chi connectivity index (χ2v) is 7.15. The average molecular weight is 393 g/mol. The van der Waals surface area contributed by atoms with Crippen LogP contribution < -0.4 is 16.2 Å². The Morgan fingerprint density at radius 2 is 2.00 bits per heavy atom. The molecule has 2 aromatic carbocycles. The first-order valence-electron chi connectivity index (χ1n) is 9.54. The minimum absolute atomic E-state index is 0.0748. The highest BCUT2D eigenvalue weighted by molar-refractivity contribution is 5.98. The van der Waals surface area contributed by atoms with Gasteiger partial charge in [0.2, 0.25) is 0 Å². The number of H-pyrrole nitrogens is 2. The summed E-state index contributed by atoms with van der Waals surface area (Å²) >= 11 is 0. The zero-order valence-corrected chi connectivity index (χ0v) is 15.7. The number of anilines is 2. The zero-order valence-electron chi connectivity index (χ0n) is 15.7. The number of nitrogens with one attached hydrogen (secondary N) is 2. The molecule has 8 heteroatoms. The van der Waals surface area contributed by atoms with Crippen LogP contribution in [0, 0.1) is 5.82 Å². The fraction of sp³-hybridized carbons (Fsp3) is 0.238. The van der Waals surface area contributed by atoms with Crippen molar-refractivity contribution in [2.75, 3.05) is 36.9 Å². The number of ether oxygens (including phenoxy) is 1. The van der Waals surface area contributed by atoms with Crippen molar-refractivity contribution in [3.63, 3.8) is 0 Å². The molecule has 2 aromatic heterocycles. The van der Waals surface area contributed by atoms with E-state index in [0.29, 0.717) is 23.5 Å². The van der Waals surface area contributed by atoms with E-state index in [1.807, 2.05) is 18.2 Å². The summed E-state index contributed by atoms with van der Waals surface area (Å²) in [5, 5.41) is 0.188. The van der Waals surface area contributed by atoms with Gasteiger partial charge in [0, 0.05) is 25.4 Å². The van der Waals surface area contributed by atoms with Crippen LogP contribution >= 0.6 is 0 Å². The highest BCUT2D eigenvalue weighted by Gasteiger charge is 2.18. The third kappa shape index (κ3) is 3.01. The van der Waals surface area contributed by atoms with Gasteiger partial charge in [-0.3, -0.25) is 4.79 Å². The number of pyridine rings is 1. The Hall–Kier alpha value is -3.39. The molecular weight excluding hydrogens is 373 g/mol. The lowest BCUT2D eigenvalue weighted by Crippen LogP contribution is -2.25. The fourth-order valence-electron chi connectivity index (χ4n) is 3.89. The van der Waals surface area contributed by atoms with Crippen LogP contribution in [0.4, 0.5) is 15.8 Å². The Labute approximate surface area is 165 Å². The molecule has 0 saturated carbocycles. The standard InChI is InChI=1S/C21H20FN5O2/c22-13-3-1-4-15-17(13)19(23)18(21(28)26-15)20-24-14-6-5-12(11-16(14)25-20)27-7-2-9-29-10-8-27/h1,3-6,11H,2,7-10H2,(H,24,25)(H3,23,26,28). The van der Waals surface area contributed by atoms with Gasteiger partial charge in [0.1, 0.15) is 17.2 Å². The van der Waals surface area contributed by atoms with Gasteiger partial charge < -0.3 is 25.3 Å². The number of hydrogen-bond donors (Lipinski definition) is 3. The van der Waals surface area contributed by atoms with Crippen LogP contribution in [0.1, 0.15) is 6.42 Å². The lowest BCUT2D eigenvalue weighted by molar-refractivity contribution is 0.152. The summed E-state index contributed by atoms with van der Waals surface area (Å²) in [6.07, 6.45) is 0.973. The monoisotopic (exact) mass is 393 g/mol. The Morgan fingerprint density at radius 1 is 1.10 bits per heavy atom. The third-order valence-electron chi connectivity index (χ3n) is 5.32. The van der Waals surface area contributed by atoms with Gasteiger partial charge in [0.25, 0.3) is 5.56 Å². The Balaban J connectivity index is 1.62. The van der Waals surface area contributed by atoms with Gasteiger partial charge in [0.15, 0.2) is 0 Å². The third-order valence-corrected chi connectivity index (χ3v) is 5.32. The van der Waals surface area contributed by atoms with E-state index in [0.717, 1.165) is 37.3 Å². The minimum atomic E-state index is -0.487. The van der Waals surface area contributed by atoms with Crippen molar-refractivity contribution >= 4 is 33.3 Å². The predicted octanol–water partition coefficient (Wildman–Crippen LogP) is 3.02. The number of halogens is 1. The van der Waals surface area contributed by atoms with E-state index in [-0.39, 0.29) is 16.6 Å². The number of nitrogens with zero attached hydrogens (tertiary/aromatic N) is 2. The smallest absolute Gasteiger partial charge is 0.261 e. The number of nitrogen functional groups attached to an aromatic ring is 1. The molecule has 29 heavy (non-hydrogen) atoms. The number of benzene rings is 2. The van der Waals surface area contributed by atoms with E-state index < -0.39 is 11.4 Å². The minimum Gasteiger partial charge on any atom is -0.397 e. The highest BCUT2D eigenvalue weighted by atomic mass is 19.1. The molecule has 0 radical (unpaired) electrons. The summed E-state index contributed by atoms with van der Waals surface area (Å²) in [5.74, 6) is -0.167. The Kier molecular flexibility index (Phi) is 4.21. The molecule has 0 amide bonds. The predicted molar refractivity (Wildman–Crippen MR) is 112 cm³/mol. The molecular formula is C21H20FN5O2. The number of aromatic nitrogens is 3. The molecule has 1 aliphatic heterocycles. The molecule has 0 spiro atoms. The summed E-state index contributed by atoms with van der Waals surface area (Å²) in [6, 6.07) is 10.4. The van der Waals surface area contributed by atoms with Crippen molar-refractivity contribution < 1.29 is 9.13 Å². The first kappa shape index (κ1) is 17.7. The van der Waals surface area contributed by atoms with E-state index in [1.54, 1.807) is 6.07 Å².